The molecule has 1 aromatic carbocycles. The Morgan fingerprint density at radius 1 is 1.04 bits per heavy atom. The molecule has 0 aliphatic rings. The SMILES string of the molecule is Oc1cccc(Cc2c[nH]c3ncc(-c4cccnc4)cc23)c1F. The zero-order valence-corrected chi connectivity index (χ0v) is 12.7. The van der Waals surface area contributed by atoms with E-state index in [9.17, 15) is 9.50 Å². The lowest BCUT2D eigenvalue weighted by Gasteiger charge is -2.05. The van der Waals surface area contributed by atoms with Gasteiger partial charge in [-0.25, -0.2) is 9.37 Å². The molecule has 0 aliphatic heterocycles. The van der Waals surface area contributed by atoms with Crippen molar-refractivity contribution in [3.8, 4) is 16.9 Å². The van der Waals surface area contributed by atoms with Gasteiger partial charge in [0.1, 0.15) is 5.65 Å². The first-order chi connectivity index (χ1) is 11.7. The Labute approximate surface area is 137 Å². The van der Waals surface area contributed by atoms with Crippen LogP contribution in [0.3, 0.4) is 0 Å². The van der Waals surface area contributed by atoms with Crippen molar-refractivity contribution in [1.29, 1.82) is 0 Å². The molecule has 0 atom stereocenters. The second kappa shape index (κ2) is 5.77. The second-order valence-electron chi connectivity index (χ2n) is 5.60. The number of aromatic nitrogens is 3. The molecule has 5 heteroatoms. The number of hydrogen-bond acceptors (Lipinski definition) is 3. The maximum Gasteiger partial charge on any atom is 0.168 e. The minimum Gasteiger partial charge on any atom is -0.505 e. The number of H-pyrrole nitrogens is 1. The molecule has 0 amide bonds. The summed E-state index contributed by atoms with van der Waals surface area (Å²) in [5, 5.41) is 10.5. The van der Waals surface area contributed by atoms with Gasteiger partial charge in [0.25, 0.3) is 0 Å². The van der Waals surface area contributed by atoms with Gasteiger partial charge in [0, 0.05) is 47.7 Å². The zero-order valence-electron chi connectivity index (χ0n) is 12.7. The first-order valence-electron chi connectivity index (χ1n) is 7.55. The summed E-state index contributed by atoms with van der Waals surface area (Å²) in [6.45, 7) is 0. The van der Waals surface area contributed by atoms with Crippen molar-refractivity contribution in [2.45, 2.75) is 6.42 Å². The van der Waals surface area contributed by atoms with Crippen LogP contribution in [0.1, 0.15) is 11.1 Å². The van der Waals surface area contributed by atoms with Gasteiger partial charge in [-0.05, 0) is 29.3 Å². The fourth-order valence-corrected chi connectivity index (χ4v) is 2.80. The van der Waals surface area contributed by atoms with Gasteiger partial charge < -0.3 is 10.1 Å². The van der Waals surface area contributed by atoms with Crippen molar-refractivity contribution in [1.82, 2.24) is 15.0 Å². The van der Waals surface area contributed by atoms with Crippen LogP contribution >= 0.6 is 0 Å². The van der Waals surface area contributed by atoms with E-state index in [-0.39, 0.29) is 5.75 Å². The number of aromatic amines is 1. The molecule has 24 heavy (non-hydrogen) atoms. The summed E-state index contributed by atoms with van der Waals surface area (Å²) in [5.74, 6) is -0.912. The van der Waals surface area contributed by atoms with Crippen LogP contribution in [-0.4, -0.2) is 20.1 Å². The molecule has 0 fully saturated rings. The summed E-state index contributed by atoms with van der Waals surface area (Å²) in [4.78, 5) is 11.7. The van der Waals surface area contributed by atoms with E-state index in [4.69, 9.17) is 0 Å². The van der Waals surface area contributed by atoms with Crippen LogP contribution in [0.25, 0.3) is 22.2 Å². The predicted octanol–water partition coefficient (Wildman–Crippen LogP) is 4.06. The van der Waals surface area contributed by atoms with Gasteiger partial charge in [-0.15, -0.1) is 0 Å². The van der Waals surface area contributed by atoms with E-state index in [1.165, 1.54) is 6.07 Å². The van der Waals surface area contributed by atoms with E-state index in [0.29, 0.717) is 12.0 Å². The third kappa shape index (κ3) is 2.50. The van der Waals surface area contributed by atoms with E-state index in [1.807, 2.05) is 24.4 Å². The van der Waals surface area contributed by atoms with E-state index in [1.54, 1.807) is 30.7 Å². The van der Waals surface area contributed by atoms with Crippen LogP contribution in [0.15, 0.2) is 61.2 Å². The molecule has 0 bridgehead atoms. The van der Waals surface area contributed by atoms with E-state index >= 15 is 0 Å². The molecule has 4 nitrogen and oxygen atoms in total. The van der Waals surface area contributed by atoms with Crippen molar-refractivity contribution in [2.75, 3.05) is 0 Å². The largest absolute Gasteiger partial charge is 0.505 e. The highest BCUT2D eigenvalue weighted by atomic mass is 19.1. The van der Waals surface area contributed by atoms with Crippen molar-refractivity contribution in [2.24, 2.45) is 0 Å². The van der Waals surface area contributed by atoms with Gasteiger partial charge in [0.2, 0.25) is 0 Å². The van der Waals surface area contributed by atoms with Crippen LogP contribution in [-0.2, 0) is 6.42 Å². The topological polar surface area (TPSA) is 61.8 Å². The first-order valence-corrected chi connectivity index (χ1v) is 7.55. The van der Waals surface area contributed by atoms with Crippen LogP contribution in [0.2, 0.25) is 0 Å². The van der Waals surface area contributed by atoms with Crippen molar-refractivity contribution >= 4 is 11.0 Å². The standard InChI is InChI=1S/C19H14FN3O/c20-18-12(3-1-5-17(18)24)7-15-11-23-19-16(15)8-14(10-22-19)13-4-2-6-21-9-13/h1-6,8-11,24H,7H2,(H,22,23). The monoisotopic (exact) mass is 319 g/mol. The van der Waals surface area contributed by atoms with Gasteiger partial charge in [-0.3, -0.25) is 4.98 Å². The molecule has 3 heterocycles. The van der Waals surface area contributed by atoms with E-state index < -0.39 is 5.82 Å². The Kier molecular flexibility index (Phi) is 3.46. The Bertz CT molecular complexity index is 1010. The highest BCUT2D eigenvalue weighted by Gasteiger charge is 2.12. The molecule has 4 rings (SSSR count). The fourth-order valence-electron chi connectivity index (χ4n) is 2.80. The van der Waals surface area contributed by atoms with Crippen molar-refractivity contribution in [3.05, 3.63) is 78.1 Å². The normalized spacial score (nSPS) is 11.0. The quantitative estimate of drug-likeness (QED) is 0.598. The van der Waals surface area contributed by atoms with Gasteiger partial charge >= 0.3 is 0 Å². The summed E-state index contributed by atoms with van der Waals surface area (Å²) in [6, 6.07) is 10.5. The summed E-state index contributed by atoms with van der Waals surface area (Å²) in [5.41, 5.74) is 4.05. The lowest BCUT2D eigenvalue weighted by molar-refractivity contribution is 0.429. The Hall–Kier alpha value is -3.21. The smallest absolute Gasteiger partial charge is 0.168 e. The number of hydrogen-bond donors (Lipinski definition) is 2. The zero-order chi connectivity index (χ0) is 16.5. The van der Waals surface area contributed by atoms with Crippen LogP contribution < -0.4 is 0 Å². The lowest BCUT2D eigenvalue weighted by atomic mass is 10.0. The molecular formula is C19H14FN3O. The number of pyridine rings is 2. The van der Waals surface area contributed by atoms with Crippen LogP contribution in [0.4, 0.5) is 4.39 Å². The number of phenols is 1. The van der Waals surface area contributed by atoms with Crippen molar-refractivity contribution < 1.29 is 9.50 Å². The maximum atomic E-state index is 14.1. The van der Waals surface area contributed by atoms with Gasteiger partial charge in [0.15, 0.2) is 11.6 Å². The molecule has 118 valence electrons. The van der Waals surface area contributed by atoms with Crippen molar-refractivity contribution in [3.63, 3.8) is 0 Å². The Morgan fingerprint density at radius 2 is 1.96 bits per heavy atom. The van der Waals surface area contributed by atoms with E-state index in [2.05, 4.69) is 15.0 Å². The van der Waals surface area contributed by atoms with Gasteiger partial charge in [-0.1, -0.05) is 18.2 Å². The maximum absolute atomic E-state index is 14.1. The number of phenolic OH excluding ortho intramolecular Hbond substituents is 1. The number of fused-ring (bicyclic) bond motifs is 1. The molecule has 4 aromatic rings. The minimum atomic E-state index is -0.580. The summed E-state index contributed by atoms with van der Waals surface area (Å²) < 4.78 is 14.1. The molecule has 0 spiro atoms. The molecule has 0 saturated heterocycles. The molecular weight excluding hydrogens is 305 g/mol. The Morgan fingerprint density at radius 3 is 2.79 bits per heavy atom. The number of rotatable bonds is 3. The average Bonchev–Trinajstić information content (AvgIpc) is 3.02. The third-order valence-corrected chi connectivity index (χ3v) is 4.05. The fraction of sp³-hybridized carbons (Fsp3) is 0.0526. The highest BCUT2D eigenvalue weighted by Crippen LogP contribution is 2.27. The third-order valence-electron chi connectivity index (χ3n) is 4.05. The first kappa shape index (κ1) is 14.4. The van der Waals surface area contributed by atoms with Gasteiger partial charge in [-0.2, -0.15) is 0 Å². The number of benzene rings is 1. The van der Waals surface area contributed by atoms with Gasteiger partial charge in [0.05, 0.1) is 0 Å². The van der Waals surface area contributed by atoms with Crippen LogP contribution in [0.5, 0.6) is 5.75 Å². The number of aromatic hydroxyl groups is 1. The molecule has 0 aliphatic carbocycles. The number of nitrogens with one attached hydrogen (secondary N) is 1. The van der Waals surface area contributed by atoms with E-state index in [0.717, 1.165) is 27.7 Å². The Balaban J connectivity index is 1.78. The lowest BCUT2D eigenvalue weighted by Crippen LogP contribution is -1.92. The molecule has 3 aromatic heterocycles. The molecule has 0 saturated carbocycles. The number of halogens is 1. The van der Waals surface area contributed by atoms with Crippen LogP contribution in [0, 0.1) is 5.82 Å². The second-order valence-corrected chi connectivity index (χ2v) is 5.60. The molecule has 2 N–H and O–H groups in total. The summed E-state index contributed by atoms with van der Waals surface area (Å²) in [7, 11) is 0. The molecule has 0 unspecified atom stereocenters. The summed E-state index contributed by atoms with van der Waals surface area (Å²) in [6.07, 6.45) is 7.49. The highest BCUT2D eigenvalue weighted by molar-refractivity contribution is 5.84. The minimum absolute atomic E-state index is 0.332. The predicted molar refractivity (Wildman–Crippen MR) is 90.2 cm³/mol. The molecule has 0 radical (unpaired) electrons. The number of nitrogens with zero attached hydrogens (tertiary/aromatic N) is 2. The summed E-state index contributed by atoms with van der Waals surface area (Å²) >= 11 is 0. The average molecular weight is 319 g/mol.